The first-order valence-corrected chi connectivity index (χ1v) is 5.27. The Morgan fingerprint density at radius 2 is 1.94 bits per heavy atom. The normalized spacial score (nSPS) is 9.71. The van der Waals surface area contributed by atoms with Crippen LogP contribution in [0.1, 0.15) is 0 Å². The fourth-order valence-corrected chi connectivity index (χ4v) is 1.30. The minimum absolute atomic E-state index is 0.368. The van der Waals surface area contributed by atoms with Crippen LogP contribution in [0, 0.1) is 0 Å². The van der Waals surface area contributed by atoms with E-state index in [1.165, 1.54) is 6.20 Å². The number of aromatic nitrogens is 1. The van der Waals surface area contributed by atoms with E-state index < -0.39 is 6.09 Å². The lowest BCUT2D eigenvalue weighted by atomic mass is 10.3. The lowest BCUT2D eigenvalue weighted by Gasteiger charge is -2.05. The van der Waals surface area contributed by atoms with E-state index in [0.29, 0.717) is 16.6 Å². The Hall–Kier alpha value is -2.07. The standard InChI is InChI=1S/C12H9ClN2O2/c13-11-7-6-9(8-14-11)15-12(16)17-10-4-2-1-3-5-10/h1-8H,(H,15,16). The van der Waals surface area contributed by atoms with E-state index >= 15 is 0 Å². The topological polar surface area (TPSA) is 51.2 Å². The van der Waals surface area contributed by atoms with Gasteiger partial charge in [0.15, 0.2) is 0 Å². The van der Waals surface area contributed by atoms with Gasteiger partial charge in [-0.3, -0.25) is 5.32 Å². The molecule has 86 valence electrons. The molecule has 17 heavy (non-hydrogen) atoms. The minimum Gasteiger partial charge on any atom is -0.410 e. The zero-order valence-corrected chi connectivity index (χ0v) is 9.52. The van der Waals surface area contributed by atoms with Crippen LogP contribution in [-0.4, -0.2) is 11.1 Å². The van der Waals surface area contributed by atoms with E-state index in [-0.39, 0.29) is 0 Å². The van der Waals surface area contributed by atoms with Crippen molar-refractivity contribution >= 4 is 23.4 Å². The third-order valence-corrected chi connectivity index (χ3v) is 2.15. The maximum Gasteiger partial charge on any atom is 0.417 e. The highest BCUT2D eigenvalue weighted by molar-refractivity contribution is 6.29. The lowest BCUT2D eigenvalue weighted by Crippen LogP contribution is -2.16. The first-order chi connectivity index (χ1) is 8.24. The number of nitrogens with zero attached hydrogens (tertiary/aromatic N) is 1. The molecule has 0 radical (unpaired) electrons. The molecule has 1 N–H and O–H groups in total. The van der Waals surface area contributed by atoms with Crippen molar-refractivity contribution in [3.63, 3.8) is 0 Å². The van der Waals surface area contributed by atoms with Crippen LogP contribution in [-0.2, 0) is 0 Å². The molecular formula is C12H9ClN2O2. The van der Waals surface area contributed by atoms with E-state index in [9.17, 15) is 4.79 Å². The molecule has 0 unspecified atom stereocenters. The first kappa shape index (κ1) is 11.4. The number of anilines is 1. The maximum absolute atomic E-state index is 11.5. The SMILES string of the molecule is O=C(Nc1ccc(Cl)nc1)Oc1ccccc1. The van der Waals surface area contributed by atoms with Crippen LogP contribution < -0.4 is 10.1 Å². The van der Waals surface area contributed by atoms with E-state index in [0.717, 1.165) is 0 Å². The molecule has 0 aliphatic rings. The summed E-state index contributed by atoms with van der Waals surface area (Å²) in [7, 11) is 0. The quantitative estimate of drug-likeness (QED) is 0.830. The number of carbonyl (C=O) groups is 1. The van der Waals surface area contributed by atoms with Gasteiger partial charge in [0.1, 0.15) is 10.9 Å². The van der Waals surface area contributed by atoms with Gasteiger partial charge < -0.3 is 4.74 Å². The van der Waals surface area contributed by atoms with Crippen molar-refractivity contribution in [3.8, 4) is 5.75 Å². The molecule has 1 aromatic carbocycles. The van der Waals surface area contributed by atoms with Crippen molar-refractivity contribution in [3.05, 3.63) is 53.8 Å². The Morgan fingerprint density at radius 1 is 1.18 bits per heavy atom. The second-order valence-corrected chi connectivity index (χ2v) is 3.58. The minimum atomic E-state index is -0.569. The fourth-order valence-electron chi connectivity index (χ4n) is 1.19. The molecule has 4 nitrogen and oxygen atoms in total. The summed E-state index contributed by atoms with van der Waals surface area (Å²) in [5.41, 5.74) is 0.523. The molecule has 2 rings (SSSR count). The van der Waals surface area contributed by atoms with Crippen LogP contribution in [0.15, 0.2) is 48.7 Å². The number of hydrogen-bond acceptors (Lipinski definition) is 3. The van der Waals surface area contributed by atoms with Gasteiger partial charge in [0.25, 0.3) is 0 Å². The average Bonchev–Trinajstić information content (AvgIpc) is 2.33. The molecule has 0 spiro atoms. The molecule has 1 aromatic heterocycles. The molecule has 1 amide bonds. The number of rotatable bonds is 2. The summed E-state index contributed by atoms with van der Waals surface area (Å²) < 4.78 is 5.04. The molecule has 0 aliphatic heterocycles. The zero-order valence-electron chi connectivity index (χ0n) is 8.76. The van der Waals surface area contributed by atoms with Gasteiger partial charge in [0.05, 0.1) is 11.9 Å². The van der Waals surface area contributed by atoms with Crippen LogP contribution in [0.5, 0.6) is 5.75 Å². The van der Waals surface area contributed by atoms with Crippen molar-refractivity contribution in [2.24, 2.45) is 0 Å². The third-order valence-electron chi connectivity index (χ3n) is 1.93. The van der Waals surface area contributed by atoms with Gasteiger partial charge in [-0.1, -0.05) is 29.8 Å². The molecule has 0 bridgehead atoms. The summed E-state index contributed by atoms with van der Waals surface area (Å²) in [5.74, 6) is 0.479. The number of ether oxygens (including phenoxy) is 1. The molecule has 0 fully saturated rings. The highest BCUT2D eigenvalue weighted by Gasteiger charge is 2.04. The number of benzene rings is 1. The Morgan fingerprint density at radius 3 is 2.59 bits per heavy atom. The lowest BCUT2D eigenvalue weighted by molar-refractivity contribution is 0.215. The number of carbonyl (C=O) groups excluding carboxylic acids is 1. The average molecular weight is 249 g/mol. The smallest absolute Gasteiger partial charge is 0.410 e. The molecule has 0 saturated heterocycles. The summed E-state index contributed by atoms with van der Waals surface area (Å²) in [5, 5.41) is 2.90. The zero-order chi connectivity index (χ0) is 12.1. The first-order valence-electron chi connectivity index (χ1n) is 4.89. The Balaban J connectivity index is 1.96. The van der Waals surface area contributed by atoms with Crippen LogP contribution in [0.2, 0.25) is 5.15 Å². The number of para-hydroxylation sites is 1. The van der Waals surface area contributed by atoms with Gasteiger partial charge in [0.2, 0.25) is 0 Å². The second-order valence-electron chi connectivity index (χ2n) is 3.20. The van der Waals surface area contributed by atoms with E-state index in [1.807, 2.05) is 6.07 Å². The van der Waals surface area contributed by atoms with Crippen LogP contribution in [0.3, 0.4) is 0 Å². The number of halogens is 1. The molecule has 2 aromatic rings. The number of nitrogens with one attached hydrogen (secondary N) is 1. The maximum atomic E-state index is 11.5. The molecular weight excluding hydrogens is 240 g/mol. The number of hydrogen-bond donors (Lipinski definition) is 1. The van der Waals surface area contributed by atoms with E-state index in [2.05, 4.69) is 10.3 Å². The Bertz CT molecular complexity index is 500. The summed E-state index contributed by atoms with van der Waals surface area (Å²) in [6.07, 6.45) is 0.884. The van der Waals surface area contributed by atoms with Crippen molar-refractivity contribution in [1.29, 1.82) is 0 Å². The van der Waals surface area contributed by atoms with Crippen LogP contribution >= 0.6 is 11.6 Å². The molecule has 1 heterocycles. The van der Waals surface area contributed by atoms with Gasteiger partial charge in [-0.2, -0.15) is 0 Å². The predicted octanol–water partition coefficient (Wildman–Crippen LogP) is 3.35. The van der Waals surface area contributed by atoms with Crippen molar-refractivity contribution < 1.29 is 9.53 Å². The Labute approximate surface area is 103 Å². The summed E-state index contributed by atoms with van der Waals surface area (Å²) in [6.45, 7) is 0. The molecule has 0 saturated carbocycles. The second kappa shape index (κ2) is 5.32. The molecule has 5 heteroatoms. The molecule has 0 atom stereocenters. The van der Waals surface area contributed by atoms with Crippen LogP contribution in [0.25, 0.3) is 0 Å². The van der Waals surface area contributed by atoms with Crippen molar-refractivity contribution in [2.45, 2.75) is 0 Å². The van der Waals surface area contributed by atoms with Crippen molar-refractivity contribution in [1.82, 2.24) is 4.98 Å². The molecule has 0 aliphatic carbocycles. The van der Waals surface area contributed by atoms with Crippen LogP contribution in [0.4, 0.5) is 10.5 Å². The number of pyridine rings is 1. The van der Waals surface area contributed by atoms with Gasteiger partial charge >= 0.3 is 6.09 Å². The fraction of sp³-hybridized carbons (Fsp3) is 0. The van der Waals surface area contributed by atoms with E-state index in [1.54, 1.807) is 36.4 Å². The predicted molar refractivity (Wildman–Crippen MR) is 65.3 cm³/mol. The van der Waals surface area contributed by atoms with E-state index in [4.69, 9.17) is 16.3 Å². The van der Waals surface area contributed by atoms with Crippen molar-refractivity contribution in [2.75, 3.05) is 5.32 Å². The monoisotopic (exact) mass is 248 g/mol. The summed E-state index contributed by atoms with van der Waals surface area (Å²) in [4.78, 5) is 15.3. The van der Waals surface area contributed by atoms with Gasteiger partial charge in [0, 0.05) is 0 Å². The summed E-state index contributed by atoms with van der Waals surface area (Å²) in [6, 6.07) is 12.0. The highest BCUT2D eigenvalue weighted by Crippen LogP contribution is 2.12. The number of amides is 1. The highest BCUT2D eigenvalue weighted by atomic mass is 35.5. The van der Waals surface area contributed by atoms with Gasteiger partial charge in [-0.15, -0.1) is 0 Å². The van der Waals surface area contributed by atoms with Gasteiger partial charge in [-0.05, 0) is 24.3 Å². The largest absolute Gasteiger partial charge is 0.417 e. The third kappa shape index (κ3) is 3.46. The summed E-state index contributed by atoms with van der Waals surface area (Å²) >= 11 is 5.62. The van der Waals surface area contributed by atoms with Gasteiger partial charge in [-0.25, -0.2) is 9.78 Å². The Kier molecular flexibility index (Phi) is 3.57.